The van der Waals surface area contributed by atoms with E-state index in [1.807, 2.05) is 6.92 Å². The Balaban J connectivity index is 3.28. The molecule has 0 bridgehead atoms. The van der Waals surface area contributed by atoms with Gasteiger partial charge in [0.25, 0.3) is 0 Å². The van der Waals surface area contributed by atoms with Gasteiger partial charge in [0.15, 0.2) is 10.5 Å². The van der Waals surface area contributed by atoms with E-state index in [-0.39, 0.29) is 0 Å². The maximum atomic E-state index is 4.80. The summed E-state index contributed by atoms with van der Waals surface area (Å²) in [4.78, 5) is 4.80. The summed E-state index contributed by atoms with van der Waals surface area (Å²) < 4.78 is 4.78. The van der Waals surface area contributed by atoms with Gasteiger partial charge >= 0.3 is 0 Å². The van der Waals surface area contributed by atoms with Crippen molar-refractivity contribution in [1.29, 1.82) is 0 Å². The van der Waals surface area contributed by atoms with Crippen molar-refractivity contribution in [2.45, 2.75) is 26.7 Å². The Bertz CT molecular complexity index is 106. The second-order valence-corrected chi connectivity index (χ2v) is 2.69. The van der Waals surface area contributed by atoms with E-state index < -0.39 is 0 Å². The van der Waals surface area contributed by atoms with Gasteiger partial charge in [0.1, 0.15) is 0 Å². The van der Waals surface area contributed by atoms with Crippen molar-refractivity contribution in [1.82, 2.24) is 0 Å². The van der Waals surface area contributed by atoms with Crippen LogP contribution in [-0.4, -0.2) is 23.0 Å². The Kier molecular flexibility index (Phi) is 6.52. The van der Waals surface area contributed by atoms with E-state index in [1.165, 1.54) is 0 Å². The van der Waals surface area contributed by atoms with Gasteiger partial charge in [0, 0.05) is 0 Å². The van der Waals surface area contributed by atoms with Gasteiger partial charge in [-0.3, -0.25) is 0 Å². The molecule has 0 aliphatic carbocycles. The highest BCUT2D eigenvalue weighted by molar-refractivity contribution is 5.97. The van der Waals surface area contributed by atoms with Gasteiger partial charge in [-0.2, -0.15) is 0 Å². The van der Waals surface area contributed by atoms with Crippen LogP contribution < -0.4 is 0 Å². The first kappa shape index (κ1) is 9.65. The molecule has 60 valence electrons. The number of hydrogen-bond acceptors (Lipinski definition) is 3. The molecule has 0 aromatic heterocycles. The van der Waals surface area contributed by atoms with E-state index in [1.54, 1.807) is 0 Å². The van der Waals surface area contributed by atoms with Crippen molar-refractivity contribution in [2.24, 2.45) is 5.16 Å². The lowest BCUT2D eigenvalue weighted by atomic mass is 10.2. The Morgan fingerprint density at radius 2 is 2.30 bits per heavy atom. The van der Waals surface area contributed by atoms with Gasteiger partial charge in [-0.15, -0.1) is 0 Å². The van der Waals surface area contributed by atoms with Crippen LogP contribution in [0.4, 0.5) is 0 Å². The Morgan fingerprint density at radius 3 is 2.80 bits per heavy atom. The van der Waals surface area contributed by atoms with Crippen LogP contribution in [0.25, 0.3) is 0 Å². The minimum Gasteiger partial charge on any atom is -0.396 e. The van der Waals surface area contributed by atoms with Crippen molar-refractivity contribution in [3.05, 3.63) is 0 Å². The summed E-state index contributed by atoms with van der Waals surface area (Å²) in [5.74, 6) is 0. The summed E-state index contributed by atoms with van der Waals surface area (Å²) in [5.41, 5.74) is 1.03. The lowest BCUT2D eigenvalue weighted by molar-refractivity contribution is 0.0238. The highest BCUT2D eigenvalue weighted by atomic mass is 28.2. The molecule has 0 atom stereocenters. The Labute approximate surface area is 64.9 Å². The normalized spacial score (nSPS) is 12.0. The third kappa shape index (κ3) is 5.78. The maximum Gasteiger partial charge on any atom is 0.206 e. The van der Waals surface area contributed by atoms with Crippen LogP contribution in [0.2, 0.25) is 0 Å². The molecule has 10 heavy (non-hydrogen) atoms. The predicted octanol–water partition coefficient (Wildman–Crippen LogP) is 0.433. The number of hydrogen-bond donors (Lipinski definition) is 0. The molecule has 0 saturated carbocycles. The molecule has 0 aliphatic rings. The minimum atomic E-state index is 0.299. The van der Waals surface area contributed by atoms with Crippen molar-refractivity contribution in [2.75, 3.05) is 6.79 Å². The average Bonchev–Trinajstić information content (AvgIpc) is 1.89. The van der Waals surface area contributed by atoms with Crippen molar-refractivity contribution < 1.29 is 9.26 Å². The van der Waals surface area contributed by atoms with Gasteiger partial charge in [-0.1, -0.05) is 18.5 Å². The van der Waals surface area contributed by atoms with Gasteiger partial charge in [-0.05, 0) is 13.3 Å². The van der Waals surface area contributed by atoms with E-state index in [0.29, 0.717) is 17.3 Å². The molecular formula is C6H15NO2Si. The van der Waals surface area contributed by atoms with E-state index >= 15 is 0 Å². The largest absolute Gasteiger partial charge is 0.396 e. The molecule has 0 fully saturated rings. The van der Waals surface area contributed by atoms with Gasteiger partial charge < -0.3 is 9.26 Å². The first-order valence-corrected chi connectivity index (χ1v) is 4.27. The molecule has 0 saturated heterocycles. The van der Waals surface area contributed by atoms with Gasteiger partial charge in [0.05, 0.1) is 5.71 Å². The summed E-state index contributed by atoms with van der Waals surface area (Å²) in [6.07, 6.45) is 2.11. The first-order valence-electron chi connectivity index (χ1n) is 3.45. The van der Waals surface area contributed by atoms with Crippen LogP contribution in [0.1, 0.15) is 26.7 Å². The fourth-order valence-electron chi connectivity index (χ4n) is 0.597. The molecule has 0 aromatic rings. The summed E-state index contributed by atoms with van der Waals surface area (Å²) in [7, 11) is 0.707. The molecule has 0 heterocycles. The van der Waals surface area contributed by atoms with Crippen molar-refractivity contribution >= 4 is 16.2 Å². The second kappa shape index (κ2) is 6.76. The molecule has 4 heteroatoms. The first-order chi connectivity index (χ1) is 4.81. The van der Waals surface area contributed by atoms with E-state index in [2.05, 4.69) is 12.1 Å². The fraction of sp³-hybridized carbons (Fsp3) is 0.833. The van der Waals surface area contributed by atoms with Crippen molar-refractivity contribution in [3.8, 4) is 0 Å². The van der Waals surface area contributed by atoms with Crippen LogP contribution in [0, 0.1) is 0 Å². The topological polar surface area (TPSA) is 30.8 Å². The standard InChI is InChI=1S/C6H15NO2Si/c1-3-4-6(2)7-8-5-9-10/h3-5H2,1-2,10H3. The molecule has 0 spiro atoms. The third-order valence-corrected chi connectivity index (χ3v) is 1.24. The van der Waals surface area contributed by atoms with Crippen LogP contribution in [0.3, 0.4) is 0 Å². The summed E-state index contributed by atoms with van der Waals surface area (Å²) >= 11 is 0. The zero-order chi connectivity index (χ0) is 7.82. The predicted molar refractivity (Wildman–Crippen MR) is 45.0 cm³/mol. The molecule has 0 aromatic carbocycles. The van der Waals surface area contributed by atoms with Gasteiger partial charge in [-0.25, -0.2) is 0 Å². The molecule has 0 amide bonds. The SMILES string of the molecule is CCCC(C)=NOCO[SiH3]. The zero-order valence-electron chi connectivity index (χ0n) is 6.89. The van der Waals surface area contributed by atoms with E-state index in [4.69, 9.17) is 9.26 Å². The van der Waals surface area contributed by atoms with Gasteiger partial charge in [0.2, 0.25) is 6.79 Å². The summed E-state index contributed by atoms with van der Waals surface area (Å²) in [6, 6.07) is 0. The smallest absolute Gasteiger partial charge is 0.206 e. The zero-order valence-corrected chi connectivity index (χ0v) is 8.89. The highest BCUT2D eigenvalue weighted by Crippen LogP contribution is 1.91. The van der Waals surface area contributed by atoms with E-state index in [0.717, 1.165) is 18.6 Å². The summed E-state index contributed by atoms with van der Waals surface area (Å²) in [5, 5.41) is 3.82. The molecule has 0 N–H and O–H groups in total. The highest BCUT2D eigenvalue weighted by Gasteiger charge is 1.87. The Morgan fingerprint density at radius 1 is 1.60 bits per heavy atom. The number of oxime groups is 1. The number of nitrogens with zero attached hydrogens (tertiary/aromatic N) is 1. The fourth-order valence-corrected chi connectivity index (χ4v) is 0.702. The molecule has 0 unspecified atom stereocenters. The maximum absolute atomic E-state index is 4.80. The lowest BCUT2D eigenvalue weighted by Gasteiger charge is -1.98. The van der Waals surface area contributed by atoms with Crippen molar-refractivity contribution in [3.63, 3.8) is 0 Å². The van der Waals surface area contributed by atoms with E-state index in [9.17, 15) is 0 Å². The van der Waals surface area contributed by atoms with Crippen LogP contribution in [0.5, 0.6) is 0 Å². The third-order valence-electron chi connectivity index (χ3n) is 1.00. The quantitative estimate of drug-likeness (QED) is 0.192. The molecule has 0 rings (SSSR count). The summed E-state index contributed by atoms with van der Waals surface area (Å²) in [6.45, 7) is 4.37. The average molecular weight is 161 g/mol. The van der Waals surface area contributed by atoms with Crippen LogP contribution in [-0.2, 0) is 9.26 Å². The second-order valence-electron chi connectivity index (χ2n) is 2.11. The van der Waals surface area contributed by atoms with Crippen LogP contribution in [0.15, 0.2) is 5.16 Å². The monoisotopic (exact) mass is 161 g/mol. The lowest BCUT2D eigenvalue weighted by Crippen LogP contribution is -1.95. The molecule has 0 aliphatic heterocycles. The molecule has 3 nitrogen and oxygen atoms in total. The van der Waals surface area contributed by atoms with Crippen LogP contribution >= 0.6 is 0 Å². The minimum absolute atomic E-state index is 0.299. The number of rotatable bonds is 5. The molecular weight excluding hydrogens is 146 g/mol. The Hall–Kier alpha value is -0.353. The molecule has 0 radical (unpaired) electrons.